The number of benzene rings is 2. The van der Waals surface area contributed by atoms with E-state index in [1.807, 2.05) is 0 Å². The van der Waals surface area contributed by atoms with Crippen molar-refractivity contribution in [2.24, 2.45) is 71.0 Å². The third-order valence-electron chi connectivity index (χ3n) is 16.5. The van der Waals surface area contributed by atoms with E-state index in [2.05, 4.69) is 107 Å². The predicted octanol–water partition coefficient (Wildman–Crippen LogP) is 15.2. The quantitative estimate of drug-likeness (QED) is 0.252. The monoisotopic (exact) mass is 737 g/mol. The molecule has 0 bridgehead atoms. The highest BCUT2D eigenvalue weighted by Crippen LogP contribution is 2.54. The highest BCUT2D eigenvalue weighted by Gasteiger charge is 2.40. The minimum absolute atomic E-state index is 0.521. The summed E-state index contributed by atoms with van der Waals surface area (Å²) >= 11 is 0. The first-order chi connectivity index (χ1) is 25.5. The molecule has 4 aliphatic rings. The van der Waals surface area contributed by atoms with E-state index in [-0.39, 0.29) is 0 Å². The van der Waals surface area contributed by atoms with Crippen molar-refractivity contribution in [2.45, 2.75) is 184 Å². The van der Waals surface area contributed by atoms with E-state index >= 15 is 0 Å². The number of nitrogen functional groups attached to an aromatic ring is 2. The van der Waals surface area contributed by atoms with Crippen LogP contribution < -0.4 is 11.5 Å². The van der Waals surface area contributed by atoms with Crippen LogP contribution in [0.2, 0.25) is 0 Å². The molecule has 0 saturated heterocycles. The van der Waals surface area contributed by atoms with Crippen LogP contribution in [0, 0.1) is 71.0 Å². The van der Waals surface area contributed by atoms with Crippen molar-refractivity contribution in [3.8, 4) is 11.1 Å². The maximum absolute atomic E-state index is 7.64. The van der Waals surface area contributed by atoms with Crippen LogP contribution in [0.25, 0.3) is 11.1 Å². The molecule has 4 aliphatic carbocycles. The Hall–Kier alpha value is -1.96. The molecule has 0 aliphatic heterocycles. The van der Waals surface area contributed by atoms with Gasteiger partial charge in [-0.05, 0) is 204 Å². The first-order valence-electron chi connectivity index (χ1n) is 23.4. The Morgan fingerprint density at radius 2 is 0.574 bits per heavy atom. The van der Waals surface area contributed by atoms with Crippen LogP contribution in [0.5, 0.6) is 0 Å². The van der Waals surface area contributed by atoms with Crippen molar-refractivity contribution in [2.75, 3.05) is 11.5 Å². The van der Waals surface area contributed by atoms with E-state index in [0.717, 1.165) is 35.0 Å². The molecule has 0 spiro atoms. The average Bonchev–Trinajstić information content (AvgIpc) is 3.11. The van der Waals surface area contributed by atoms with Gasteiger partial charge in [0.25, 0.3) is 0 Å². The second-order valence-corrected chi connectivity index (χ2v) is 21.9. The zero-order valence-corrected chi connectivity index (χ0v) is 37.2. The predicted molar refractivity (Wildman–Crippen MR) is 237 cm³/mol. The highest BCUT2D eigenvalue weighted by molar-refractivity contribution is 5.76. The fraction of sp³-hybridized carbons (Fsp3) is 0.769. The van der Waals surface area contributed by atoms with E-state index in [0.29, 0.717) is 71.0 Å². The zero-order chi connectivity index (χ0) is 39.2. The van der Waals surface area contributed by atoms with Gasteiger partial charge in [-0.2, -0.15) is 0 Å². The molecule has 12 unspecified atom stereocenters. The van der Waals surface area contributed by atoms with Crippen molar-refractivity contribution in [1.29, 1.82) is 0 Å². The van der Waals surface area contributed by atoms with Gasteiger partial charge in [0.15, 0.2) is 0 Å². The summed E-state index contributed by atoms with van der Waals surface area (Å²) in [5, 5.41) is 0. The van der Waals surface area contributed by atoms with E-state index in [1.165, 1.54) is 110 Å². The summed E-state index contributed by atoms with van der Waals surface area (Å²) in [5.74, 6) is 10.4. The lowest BCUT2D eigenvalue weighted by atomic mass is 9.63. The number of anilines is 2. The zero-order valence-electron chi connectivity index (χ0n) is 37.2. The Morgan fingerprint density at radius 3 is 0.759 bits per heavy atom. The topological polar surface area (TPSA) is 52.0 Å². The van der Waals surface area contributed by atoms with Crippen molar-refractivity contribution >= 4 is 11.4 Å². The van der Waals surface area contributed by atoms with Crippen LogP contribution in [0.4, 0.5) is 11.4 Å². The molecule has 54 heavy (non-hydrogen) atoms. The number of nitrogens with two attached hydrogens (primary N) is 2. The Bertz CT molecular complexity index is 1330. The van der Waals surface area contributed by atoms with Crippen LogP contribution in [0.3, 0.4) is 0 Å². The smallest absolute Gasteiger partial charge is 0.0385 e. The van der Waals surface area contributed by atoms with Gasteiger partial charge >= 0.3 is 0 Å². The molecule has 0 aromatic heterocycles. The average molecular weight is 737 g/mol. The summed E-state index contributed by atoms with van der Waals surface area (Å²) < 4.78 is 0. The number of rotatable bonds is 9. The fourth-order valence-corrected chi connectivity index (χ4v) is 13.2. The van der Waals surface area contributed by atoms with Crippen LogP contribution in [0.1, 0.15) is 206 Å². The van der Waals surface area contributed by atoms with Gasteiger partial charge in [0.2, 0.25) is 0 Å². The molecular weight excluding hydrogens is 653 g/mol. The molecule has 0 heterocycles. The molecule has 2 heteroatoms. The fourth-order valence-electron chi connectivity index (χ4n) is 13.2. The molecule has 4 fully saturated rings. The van der Waals surface area contributed by atoms with Crippen molar-refractivity contribution in [1.82, 2.24) is 0 Å². The molecule has 0 radical (unpaired) electrons. The van der Waals surface area contributed by atoms with Gasteiger partial charge in [-0.25, -0.2) is 0 Å². The summed E-state index contributed by atoms with van der Waals surface area (Å²) in [6.45, 7) is 29.7. The van der Waals surface area contributed by atoms with Gasteiger partial charge in [-0.3, -0.25) is 0 Å². The van der Waals surface area contributed by atoms with Gasteiger partial charge in [-0.15, -0.1) is 0 Å². The van der Waals surface area contributed by atoms with Crippen LogP contribution in [0.15, 0.2) is 24.3 Å². The normalized spacial score (nSPS) is 35.3. The summed E-state index contributed by atoms with van der Waals surface area (Å²) in [6, 6.07) is 10.5. The first kappa shape index (κ1) is 41.7. The van der Waals surface area contributed by atoms with Crippen molar-refractivity contribution in [3.05, 3.63) is 46.5 Å². The lowest BCUT2D eigenvalue weighted by molar-refractivity contribution is 0.194. The van der Waals surface area contributed by atoms with E-state index in [1.54, 1.807) is 0 Å². The van der Waals surface area contributed by atoms with Gasteiger partial charge < -0.3 is 11.5 Å². The summed E-state index contributed by atoms with van der Waals surface area (Å²) in [6.07, 6.45) is 15.7. The summed E-state index contributed by atoms with van der Waals surface area (Å²) in [4.78, 5) is 0. The Balaban J connectivity index is 1.62. The molecule has 0 amide bonds. The molecule has 2 aromatic rings. The second kappa shape index (κ2) is 17.3. The van der Waals surface area contributed by atoms with Crippen molar-refractivity contribution < 1.29 is 0 Å². The molecule has 4 N–H and O–H groups in total. The number of hydrogen-bond acceptors (Lipinski definition) is 2. The molecule has 6 rings (SSSR count). The maximum Gasteiger partial charge on any atom is 0.0385 e. The van der Waals surface area contributed by atoms with E-state index < -0.39 is 0 Å². The molecule has 2 aromatic carbocycles. The first-order valence-corrected chi connectivity index (χ1v) is 23.4. The van der Waals surface area contributed by atoms with Gasteiger partial charge in [-0.1, -0.05) is 109 Å². The third kappa shape index (κ3) is 8.64. The SMILES string of the molecule is CC1CCC(C(C)C)C(c2cc(-c3cc(C4CC(C)CCC4C(C)C)c(N)c(C4CC(C)CCC4C(C)C)c3)cc(C3CC(C)CCC3C(C)C)c2N)C1. The van der Waals surface area contributed by atoms with Gasteiger partial charge in [0.1, 0.15) is 0 Å². The summed E-state index contributed by atoms with van der Waals surface area (Å²) in [7, 11) is 0. The Morgan fingerprint density at radius 1 is 0.370 bits per heavy atom. The van der Waals surface area contributed by atoms with E-state index in [9.17, 15) is 0 Å². The number of hydrogen-bond donors (Lipinski definition) is 2. The lowest BCUT2D eigenvalue weighted by Crippen LogP contribution is -2.29. The van der Waals surface area contributed by atoms with Crippen LogP contribution in [-0.4, -0.2) is 0 Å². The van der Waals surface area contributed by atoms with Gasteiger partial charge in [0.05, 0.1) is 0 Å². The minimum Gasteiger partial charge on any atom is -0.398 e. The molecule has 2 nitrogen and oxygen atoms in total. The largest absolute Gasteiger partial charge is 0.398 e. The second-order valence-electron chi connectivity index (χ2n) is 21.9. The molecule has 302 valence electrons. The van der Waals surface area contributed by atoms with Crippen LogP contribution >= 0.6 is 0 Å². The lowest BCUT2D eigenvalue weighted by Gasteiger charge is -2.42. The highest BCUT2D eigenvalue weighted by atomic mass is 14.6. The van der Waals surface area contributed by atoms with Crippen molar-refractivity contribution in [3.63, 3.8) is 0 Å². The minimum atomic E-state index is 0.521. The van der Waals surface area contributed by atoms with Crippen LogP contribution in [-0.2, 0) is 0 Å². The molecule has 12 atom stereocenters. The van der Waals surface area contributed by atoms with Gasteiger partial charge in [0, 0.05) is 11.4 Å². The molecular formula is C52H84N2. The standard InChI is InChI=1S/C52H84N2/c1-29(2)39-17-13-33(9)21-43(39)47-25-37(26-48(51(47)53)44-22-34(10)14-18-40(44)30(3)4)38-27-49(45-23-35(11)15-19-41(45)31(5)6)52(54)50(28-38)46-24-36(12)16-20-42(46)32(7)8/h25-36,39-46H,13-24,53-54H2,1-12H3. The molecule has 4 saturated carbocycles. The summed E-state index contributed by atoms with van der Waals surface area (Å²) in [5.41, 5.74) is 26.3. The Labute approximate surface area is 334 Å². The Kier molecular flexibility index (Phi) is 13.3. The third-order valence-corrected chi connectivity index (χ3v) is 16.5. The maximum atomic E-state index is 7.64. The van der Waals surface area contributed by atoms with E-state index in [4.69, 9.17) is 11.5 Å².